The van der Waals surface area contributed by atoms with Crippen molar-refractivity contribution in [2.24, 2.45) is 0 Å². The van der Waals surface area contributed by atoms with E-state index in [2.05, 4.69) is 15.9 Å². The molecule has 0 atom stereocenters. The summed E-state index contributed by atoms with van der Waals surface area (Å²) < 4.78 is 5.74. The van der Waals surface area contributed by atoms with Gasteiger partial charge in [0, 0.05) is 15.4 Å². The molecule has 1 heterocycles. The van der Waals surface area contributed by atoms with Gasteiger partial charge in [-0.05, 0) is 23.1 Å². The lowest BCUT2D eigenvalue weighted by atomic mass is 10.1. The molecule has 1 aromatic heterocycles. The number of thiophene rings is 1. The van der Waals surface area contributed by atoms with Crippen LogP contribution in [-0.4, -0.2) is 13.1 Å². The molecule has 0 aliphatic heterocycles. The van der Waals surface area contributed by atoms with Crippen LogP contribution in [0.4, 0.5) is 0 Å². The average molecular weight is 297 g/mol. The summed E-state index contributed by atoms with van der Waals surface area (Å²) in [7, 11) is 1.39. The summed E-state index contributed by atoms with van der Waals surface area (Å²) in [5, 5.41) is 3.76. The normalized spacial score (nSPS) is 10.1. The summed E-state index contributed by atoms with van der Waals surface area (Å²) in [6.45, 7) is 0. The van der Waals surface area contributed by atoms with Gasteiger partial charge in [0.15, 0.2) is 0 Å². The molecule has 1 aromatic carbocycles. The molecule has 2 aromatic rings. The molecule has 0 saturated heterocycles. The molecule has 0 amide bonds. The third-order valence-electron chi connectivity index (χ3n) is 2.20. The molecule has 0 aliphatic carbocycles. The highest BCUT2D eigenvalue weighted by atomic mass is 79.9. The monoisotopic (exact) mass is 296 g/mol. The molecular weight excluding hydrogens is 288 g/mol. The van der Waals surface area contributed by atoms with Crippen LogP contribution < -0.4 is 0 Å². The van der Waals surface area contributed by atoms with Gasteiger partial charge in [0.05, 0.1) is 12.7 Å². The third kappa shape index (κ3) is 2.18. The number of carbonyl (C=O) groups is 1. The van der Waals surface area contributed by atoms with Gasteiger partial charge >= 0.3 is 5.97 Å². The standard InChI is InChI=1S/C12H9BrO2S/c1-15-12(14)11-7-16-6-10(11)8-3-2-4-9(13)5-8/h2-7H,1H3. The van der Waals surface area contributed by atoms with Crippen LogP contribution in [0.2, 0.25) is 0 Å². The first-order valence-electron chi connectivity index (χ1n) is 4.63. The number of rotatable bonds is 2. The lowest BCUT2D eigenvalue weighted by molar-refractivity contribution is 0.0602. The largest absolute Gasteiger partial charge is 0.465 e. The second-order valence-electron chi connectivity index (χ2n) is 3.20. The van der Waals surface area contributed by atoms with Crippen LogP contribution in [0.3, 0.4) is 0 Å². The number of methoxy groups -OCH3 is 1. The van der Waals surface area contributed by atoms with Crippen molar-refractivity contribution in [1.82, 2.24) is 0 Å². The second-order valence-corrected chi connectivity index (χ2v) is 4.86. The Balaban J connectivity index is 2.48. The predicted octanol–water partition coefficient (Wildman–Crippen LogP) is 3.96. The van der Waals surface area contributed by atoms with Crippen LogP contribution in [0.1, 0.15) is 10.4 Å². The van der Waals surface area contributed by atoms with Crippen LogP contribution in [-0.2, 0) is 4.74 Å². The zero-order valence-electron chi connectivity index (χ0n) is 8.57. The Labute approximate surface area is 106 Å². The van der Waals surface area contributed by atoms with Gasteiger partial charge in [0.2, 0.25) is 0 Å². The zero-order chi connectivity index (χ0) is 11.5. The van der Waals surface area contributed by atoms with E-state index in [9.17, 15) is 4.79 Å². The van der Waals surface area contributed by atoms with E-state index in [4.69, 9.17) is 4.74 Å². The van der Waals surface area contributed by atoms with E-state index >= 15 is 0 Å². The first-order valence-corrected chi connectivity index (χ1v) is 6.36. The second kappa shape index (κ2) is 4.80. The van der Waals surface area contributed by atoms with Gasteiger partial charge in [-0.25, -0.2) is 4.79 Å². The highest BCUT2D eigenvalue weighted by Crippen LogP contribution is 2.29. The number of hydrogen-bond acceptors (Lipinski definition) is 3. The summed E-state index contributed by atoms with van der Waals surface area (Å²) in [6.07, 6.45) is 0. The van der Waals surface area contributed by atoms with Gasteiger partial charge in [0.25, 0.3) is 0 Å². The molecule has 0 fully saturated rings. The van der Waals surface area contributed by atoms with Crippen molar-refractivity contribution in [3.8, 4) is 11.1 Å². The van der Waals surface area contributed by atoms with Crippen LogP contribution >= 0.6 is 27.3 Å². The highest BCUT2D eigenvalue weighted by Gasteiger charge is 2.14. The van der Waals surface area contributed by atoms with Gasteiger partial charge < -0.3 is 4.74 Å². The molecule has 0 spiro atoms. The van der Waals surface area contributed by atoms with Crippen LogP contribution in [0.25, 0.3) is 11.1 Å². The molecule has 16 heavy (non-hydrogen) atoms. The van der Waals surface area contributed by atoms with E-state index in [1.165, 1.54) is 18.4 Å². The molecule has 2 rings (SSSR count). The maximum absolute atomic E-state index is 11.5. The summed E-state index contributed by atoms with van der Waals surface area (Å²) in [4.78, 5) is 11.5. The van der Waals surface area contributed by atoms with Crippen LogP contribution in [0, 0.1) is 0 Å². The molecule has 0 N–H and O–H groups in total. The predicted molar refractivity (Wildman–Crippen MR) is 68.8 cm³/mol. The van der Waals surface area contributed by atoms with Crippen molar-refractivity contribution >= 4 is 33.2 Å². The van der Waals surface area contributed by atoms with Crippen molar-refractivity contribution in [2.75, 3.05) is 7.11 Å². The van der Waals surface area contributed by atoms with Crippen LogP contribution in [0.5, 0.6) is 0 Å². The Hall–Kier alpha value is -1.13. The summed E-state index contributed by atoms with van der Waals surface area (Å²) >= 11 is 4.91. The Morgan fingerprint density at radius 1 is 1.38 bits per heavy atom. The number of halogens is 1. The Morgan fingerprint density at radius 2 is 2.19 bits per heavy atom. The van der Waals surface area contributed by atoms with Crippen molar-refractivity contribution in [3.05, 3.63) is 45.1 Å². The topological polar surface area (TPSA) is 26.3 Å². The van der Waals surface area contributed by atoms with E-state index in [1.54, 1.807) is 0 Å². The number of carbonyl (C=O) groups excluding carboxylic acids is 1. The number of benzene rings is 1. The molecule has 82 valence electrons. The first-order chi connectivity index (χ1) is 7.72. The van der Waals surface area contributed by atoms with Crippen molar-refractivity contribution in [2.45, 2.75) is 0 Å². The van der Waals surface area contributed by atoms with Gasteiger partial charge in [-0.1, -0.05) is 28.1 Å². The summed E-state index contributed by atoms with van der Waals surface area (Å²) in [5.74, 6) is -0.295. The first kappa shape index (κ1) is 11.4. The number of hydrogen-bond donors (Lipinski definition) is 0. The molecule has 0 radical (unpaired) electrons. The van der Waals surface area contributed by atoms with Crippen molar-refractivity contribution in [3.63, 3.8) is 0 Å². The number of ether oxygens (including phenoxy) is 1. The minimum Gasteiger partial charge on any atom is -0.465 e. The number of esters is 1. The minimum atomic E-state index is -0.295. The van der Waals surface area contributed by atoms with Crippen molar-refractivity contribution in [1.29, 1.82) is 0 Å². The Morgan fingerprint density at radius 3 is 2.88 bits per heavy atom. The maximum atomic E-state index is 11.5. The quantitative estimate of drug-likeness (QED) is 0.784. The fourth-order valence-corrected chi connectivity index (χ4v) is 2.67. The highest BCUT2D eigenvalue weighted by molar-refractivity contribution is 9.10. The average Bonchev–Trinajstić information content (AvgIpc) is 2.77. The molecule has 0 aliphatic rings. The summed E-state index contributed by atoms with van der Waals surface area (Å²) in [5.41, 5.74) is 2.54. The smallest absolute Gasteiger partial charge is 0.339 e. The molecule has 0 saturated carbocycles. The van der Waals surface area contributed by atoms with Crippen molar-refractivity contribution < 1.29 is 9.53 Å². The lowest BCUT2D eigenvalue weighted by Crippen LogP contribution is -2.00. The lowest BCUT2D eigenvalue weighted by Gasteiger charge is -2.03. The SMILES string of the molecule is COC(=O)c1cscc1-c1cccc(Br)c1. The van der Waals surface area contributed by atoms with E-state index in [-0.39, 0.29) is 5.97 Å². The molecule has 4 heteroatoms. The Kier molecular flexibility index (Phi) is 3.41. The molecule has 0 bridgehead atoms. The fourth-order valence-electron chi connectivity index (χ4n) is 1.44. The van der Waals surface area contributed by atoms with Gasteiger partial charge in [0.1, 0.15) is 0 Å². The van der Waals surface area contributed by atoms with Gasteiger partial charge in [-0.3, -0.25) is 0 Å². The minimum absolute atomic E-state index is 0.295. The van der Waals surface area contributed by atoms with E-state index in [0.717, 1.165) is 15.6 Å². The zero-order valence-corrected chi connectivity index (χ0v) is 11.0. The van der Waals surface area contributed by atoms with E-state index in [1.807, 2.05) is 35.0 Å². The maximum Gasteiger partial charge on any atom is 0.339 e. The van der Waals surface area contributed by atoms with Crippen LogP contribution in [0.15, 0.2) is 39.5 Å². The Bertz CT molecular complexity index is 519. The third-order valence-corrected chi connectivity index (χ3v) is 3.44. The molecule has 2 nitrogen and oxygen atoms in total. The van der Waals surface area contributed by atoms with Gasteiger partial charge in [-0.2, -0.15) is 11.3 Å². The molecule has 0 unspecified atom stereocenters. The fraction of sp³-hybridized carbons (Fsp3) is 0.0833. The van der Waals surface area contributed by atoms with E-state index in [0.29, 0.717) is 5.56 Å². The summed E-state index contributed by atoms with van der Waals surface area (Å²) in [6, 6.07) is 7.85. The van der Waals surface area contributed by atoms with E-state index < -0.39 is 0 Å². The molecular formula is C12H9BrO2S. The van der Waals surface area contributed by atoms with Gasteiger partial charge in [-0.15, -0.1) is 0 Å².